The fourth-order valence-corrected chi connectivity index (χ4v) is 13.4. The van der Waals surface area contributed by atoms with Crippen molar-refractivity contribution in [3.63, 3.8) is 0 Å². The van der Waals surface area contributed by atoms with Crippen molar-refractivity contribution in [3.8, 4) is 11.1 Å². The predicted octanol–water partition coefficient (Wildman–Crippen LogP) is 17.9. The summed E-state index contributed by atoms with van der Waals surface area (Å²) < 4.78 is 7.72. The van der Waals surface area contributed by atoms with Gasteiger partial charge in [-0.1, -0.05) is 178 Å². The molecule has 378 valence electrons. The molecule has 0 spiro atoms. The Labute approximate surface area is 443 Å². The van der Waals surface area contributed by atoms with Crippen LogP contribution in [0, 0.1) is 0 Å². The van der Waals surface area contributed by atoms with Crippen LogP contribution in [0.5, 0.6) is 0 Å². The maximum absolute atomic E-state index is 7.72. The van der Waals surface area contributed by atoms with Crippen LogP contribution < -0.4 is 26.2 Å². The van der Waals surface area contributed by atoms with Gasteiger partial charge in [-0.15, -0.1) is 0 Å². The van der Waals surface area contributed by atoms with Gasteiger partial charge in [-0.2, -0.15) is 0 Å². The molecule has 0 atom stereocenters. The number of hydrogen-bond acceptors (Lipinski definition) is 3. The molecule has 7 aromatic carbocycles. The van der Waals surface area contributed by atoms with Crippen molar-refractivity contribution in [1.82, 2.24) is 0 Å². The summed E-state index contributed by atoms with van der Waals surface area (Å²) in [6.45, 7) is 40.8. The second-order valence-electron chi connectivity index (χ2n) is 28.9. The lowest BCUT2D eigenvalue weighted by molar-refractivity contribution is 0.332. The van der Waals surface area contributed by atoms with Gasteiger partial charge in [0.1, 0.15) is 5.58 Å². The van der Waals surface area contributed by atoms with Crippen LogP contribution in [0.15, 0.2) is 126 Å². The third kappa shape index (κ3) is 7.57. The average Bonchev–Trinajstić information content (AvgIpc) is 3.76. The van der Waals surface area contributed by atoms with Gasteiger partial charge in [-0.05, 0) is 196 Å². The zero-order valence-corrected chi connectivity index (χ0v) is 47.8. The summed E-state index contributed by atoms with van der Waals surface area (Å²) in [6.07, 6.45) is 4.61. The van der Waals surface area contributed by atoms with Crippen LogP contribution in [0.1, 0.15) is 182 Å². The van der Waals surface area contributed by atoms with Gasteiger partial charge in [0.05, 0.1) is 0 Å². The lowest BCUT2D eigenvalue weighted by Gasteiger charge is -2.45. The second-order valence-corrected chi connectivity index (χ2v) is 28.9. The maximum atomic E-state index is 7.72. The van der Waals surface area contributed by atoms with Crippen molar-refractivity contribution in [3.05, 3.63) is 160 Å². The van der Waals surface area contributed by atoms with Crippen LogP contribution in [-0.4, -0.2) is 6.71 Å². The fraction of sp³-hybridized carbons (Fsp3) is 0.400. The van der Waals surface area contributed by atoms with E-state index in [1.807, 2.05) is 0 Å². The van der Waals surface area contributed by atoms with E-state index in [0.29, 0.717) is 0 Å². The summed E-state index contributed by atoms with van der Waals surface area (Å²) >= 11 is 0. The van der Waals surface area contributed by atoms with E-state index in [1.165, 1.54) is 112 Å². The molecule has 12 rings (SSSR count). The molecule has 0 saturated carbocycles. The first-order chi connectivity index (χ1) is 34.5. The highest BCUT2D eigenvalue weighted by molar-refractivity contribution is 7.01. The molecule has 0 unspecified atom stereocenters. The molecule has 2 aliphatic carbocycles. The summed E-state index contributed by atoms with van der Waals surface area (Å²) in [4.78, 5) is 5.22. The fourth-order valence-electron chi connectivity index (χ4n) is 13.4. The minimum atomic E-state index is -0.106. The smallest absolute Gasteiger partial charge is 0.257 e. The van der Waals surface area contributed by atoms with Gasteiger partial charge in [0.2, 0.25) is 5.88 Å². The normalized spacial score (nSPS) is 18.2. The summed E-state index contributed by atoms with van der Waals surface area (Å²) in [5.74, 6) is 0.940. The molecule has 8 aromatic rings. The quantitative estimate of drug-likeness (QED) is 0.165. The molecule has 1 aromatic heterocycles. The van der Waals surface area contributed by atoms with Crippen LogP contribution in [0.2, 0.25) is 0 Å². The Hall–Kier alpha value is -6.00. The first-order valence-corrected chi connectivity index (χ1v) is 27.9. The van der Waals surface area contributed by atoms with Gasteiger partial charge in [0.15, 0.2) is 0 Å². The van der Waals surface area contributed by atoms with E-state index in [0.717, 1.165) is 36.4 Å². The predicted molar refractivity (Wildman–Crippen MR) is 320 cm³/mol. The summed E-state index contributed by atoms with van der Waals surface area (Å²) in [6, 6.07) is 48.2. The number of nitrogens with zero attached hydrogens (tertiary/aromatic N) is 2. The summed E-state index contributed by atoms with van der Waals surface area (Å²) in [5.41, 5.74) is 23.0. The van der Waals surface area contributed by atoms with Crippen LogP contribution in [0.4, 0.5) is 34.3 Å². The van der Waals surface area contributed by atoms with Crippen LogP contribution >= 0.6 is 0 Å². The van der Waals surface area contributed by atoms with E-state index in [1.54, 1.807) is 0 Å². The van der Waals surface area contributed by atoms with Crippen LogP contribution in [-0.2, 0) is 37.9 Å². The number of fused-ring (bicyclic) bond motifs is 9. The lowest BCUT2D eigenvalue weighted by atomic mass is 9.33. The molecule has 3 heterocycles. The number of rotatable bonds is 3. The molecule has 0 N–H and O–H groups in total. The van der Waals surface area contributed by atoms with Gasteiger partial charge >= 0.3 is 0 Å². The molecule has 2 aliphatic heterocycles. The standard InChI is InChI=1S/C70H79BN2O/c1-64(2,3)46-24-27-57-56(38-46)71-61-51-40-54-55(70(16,17)31-30-69(54,14)15)41-60(51)74-63(61)73(49-25-26-52-53(39-49)68(12,13)29-28-67(52,10)11)59-34-45(44-23-22-42-20-18-19-21-43(42)32-44)33-58(62(59)71)72(57)50-36-47(65(4,5)6)35-48(37-50)66(7,8)9/h18-27,32-41H,28-31H2,1-17H3. The van der Waals surface area contributed by atoms with Gasteiger partial charge < -0.3 is 9.32 Å². The first kappa shape index (κ1) is 48.9. The van der Waals surface area contributed by atoms with E-state index in [2.05, 4.69) is 249 Å². The van der Waals surface area contributed by atoms with Crippen molar-refractivity contribution in [2.75, 3.05) is 9.80 Å². The summed E-state index contributed by atoms with van der Waals surface area (Å²) in [5, 5.41) is 3.72. The number of anilines is 6. The maximum Gasteiger partial charge on any atom is 0.257 e. The van der Waals surface area contributed by atoms with Crippen molar-refractivity contribution >= 4 is 79.2 Å². The monoisotopic (exact) mass is 975 g/mol. The number of benzene rings is 7. The van der Waals surface area contributed by atoms with E-state index in [4.69, 9.17) is 4.42 Å². The number of furan rings is 1. The zero-order chi connectivity index (χ0) is 52.6. The Morgan fingerprint density at radius 2 is 0.973 bits per heavy atom. The molecule has 74 heavy (non-hydrogen) atoms. The topological polar surface area (TPSA) is 19.6 Å². The molecular weight excluding hydrogens is 896 g/mol. The van der Waals surface area contributed by atoms with E-state index in [9.17, 15) is 0 Å². The van der Waals surface area contributed by atoms with Crippen LogP contribution in [0.25, 0.3) is 32.9 Å². The second kappa shape index (κ2) is 15.8. The van der Waals surface area contributed by atoms with Gasteiger partial charge in [-0.25, -0.2) is 0 Å². The van der Waals surface area contributed by atoms with Crippen molar-refractivity contribution < 1.29 is 4.42 Å². The Bertz CT molecular complexity index is 3620. The Morgan fingerprint density at radius 3 is 1.58 bits per heavy atom. The molecule has 0 fully saturated rings. The van der Waals surface area contributed by atoms with E-state index in [-0.39, 0.29) is 44.6 Å². The van der Waals surface area contributed by atoms with Gasteiger partial charge in [0, 0.05) is 39.3 Å². The van der Waals surface area contributed by atoms with Crippen LogP contribution in [0.3, 0.4) is 0 Å². The van der Waals surface area contributed by atoms with Crippen molar-refractivity contribution in [1.29, 1.82) is 0 Å². The van der Waals surface area contributed by atoms with E-state index < -0.39 is 0 Å². The Morgan fingerprint density at radius 1 is 0.419 bits per heavy atom. The van der Waals surface area contributed by atoms with Crippen molar-refractivity contribution in [2.24, 2.45) is 0 Å². The molecule has 4 heteroatoms. The molecule has 3 nitrogen and oxygen atoms in total. The lowest BCUT2D eigenvalue weighted by Crippen LogP contribution is -2.61. The first-order valence-electron chi connectivity index (χ1n) is 27.9. The Balaban J connectivity index is 1.26. The van der Waals surface area contributed by atoms with Gasteiger partial charge in [-0.3, -0.25) is 4.90 Å². The SMILES string of the molecule is CC(C)(C)c1cc(N2c3ccc(C(C)(C)C)cc3B3c4c2cc(-c2ccc5ccccc5c2)cc4N(c2ccc4c(c2)C(C)(C)CCC4(C)C)c2oc4cc5c(cc4c23)C(C)(C)CCC5(C)C)cc(C(C)(C)C)c1. The molecule has 0 amide bonds. The van der Waals surface area contributed by atoms with Gasteiger partial charge in [0.25, 0.3) is 6.71 Å². The molecule has 0 radical (unpaired) electrons. The minimum Gasteiger partial charge on any atom is -0.440 e. The summed E-state index contributed by atoms with van der Waals surface area (Å²) in [7, 11) is 0. The zero-order valence-electron chi connectivity index (χ0n) is 47.8. The highest BCUT2D eigenvalue weighted by atomic mass is 16.4. The average molecular weight is 975 g/mol. The highest BCUT2D eigenvalue weighted by Gasteiger charge is 2.49. The highest BCUT2D eigenvalue weighted by Crippen LogP contribution is 2.54. The Kier molecular flexibility index (Phi) is 10.4. The van der Waals surface area contributed by atoms with Crippen molar-refractivity contribution in [2.45, 2.75) is 181 Å². The van der Waals surface area contributed by atoms with E-state index >= 15 is 0 Å². The third-order valence-electron chi connectivity index (χ3n) is 18.6. The molecule has 4 aliphatic rings. The largest absolute Gasteiger partial charge is 0.440 e. The molecule has 0 bridgehead atoms. The third-order valence-corrected chi connectivity index (χ3v) is 18.6. The minimum absolute atomic E-state index is 0.0143. The molecular formula is C70H79BN2O. The number of hydrogen-bond donors (Lipinski definition) is 0. The molecule has 0 saturated heterocycles.